The summed E-state index contributed by atoms with van der Waals surface area (Å²) in [6, 6.07) is 8.13. The van der Waals surface area contributed by atoms with E-state index in [2.05, 4.69) is 0 Å². The van der Waals surface area contributed by atoms with Gasteiger partial charge >= 0.3 is 0 Å². The molecule has 1 N–H and O–H groups in total. The maximum Gasteiger partial charge on any atom is 0.162 e. The van der Waals surface area contributed by atoms with E-state index in [0.717, 1.165) is 0 Å². The first-order chi connectivity index (χ1) is 9.97. The van der Waals surface area contributed by atoms with Crippen molar-refractivity contribution in [3.8, 4) is 11.5 Å². The number of ether oxygens (including phenoxy) is 2. The molecular formula is C15H13Cl3O3. The Bertz CT molecular complexity index is 659. The summed E-state index contributed by atoms with van der Waals surface area (Å²) in [7, 11) is 3.03. The van der Waals surface area contributed by atoms with Gasteiger partial charge in [-0.15, -0.1) is 0 Å². The Morgan fingerprint density at radius 2 is 1.48 bits per heavy atom. The van der Waals surface area contributed by atoms with Gasteiger partial charge in [-0.25, -0.2) is 0 Å². The summed E-state index contributed by atoms with van der Waals surface area (Å²) in [6.45, 7) is 0. The van der Waals surface area contributed by atoms with Crippen LogP contribution in [-0.2, 0) is 0 Å². The molecule has 0 saturated carbocycles. The highest BCUT2D eigenvalue weighted by atomic mass is 35.5. The lowest BCUT2D eigenvalue weighted by Crippen LogP contribution is -2.02. The summed E-state index contributed by atoms with van der Waals surface area (Å²) in [4.78, 5) is 0. The van der Waals surface area contributed by atoms with Gasteiger partial charge in [0.25, 0.3) is 0 Å². The third kappa shape index (κ3) is 3.38. The fraction of sp³-hybridized carbons (Fsp3) is 0.200. The maximum atomic E-state index is 10.5. The predicted octanol–water partition coefficient (Wildman–Crippen LogP) is 4.75. The number of hydrogen-bond acceptors (Lipinski definition) is 3. The van der Waals surface area contributed by atoms with Crippen molar-refractivity contribution in [2.24, 2.45) is 0 Å². The number of benzene rings is 2. The molecule has 0 spiro atoms. The maximum absolute atomic E-state index is 10.5. The molecule has 6 heteroatoms. The minimum absolute atomic E-state index is 0.366. The Labute approximate surface area is 138 Å². The lowest BCUT2D eigenvalue weighted by molar-refractivity contribution is 0.219. The van der Waals surface area contributed by atoms with Gasteiger partial charge in [-0.2, -0.15) is 0 Å². The minimum Gasteiger partial charge on any atom is -0.493 e. The van der Waals surface area contributed by atoms with E-state index >= 15 is 0 Å². The monoisotopic (exact) mass is 346 g/mol. The second kappa shape index (κ2) is 6.75. The average Bonchev–Trinajstić information content (AvgIpc) is 2.49. The minimum atomic E-state index is -0.952. The van der Waals surface area contributed by atoms with Crippen LogP contribution in [0.2, 0.25) is 15.1 Å². The predicted molar refractivity (Wildman–Crippen MR) is 85.1 cm³/mol. The molecule has 2 rings (SSSR count). The molecule has 0 saturated heterocycles. The van der Waals surface area contributed by atoms with Crippen LogP contribution in [0, 0.1) is 0 Å². The smallest absolute Gasteiger partial charge is 0.162 e. The van der Waals surface area contributed by atoms with E-state index in [4.69, 9.17) is 44.3 Å². The first-order valence-electron chi connectivity index (χ1n) is 6.02. The van der Waals surface area contributed by atoms with Gasteiger partial charge in [0.15, 0.2) is 11.5 Å². The van der Waals surface area contributed by atoms with Gasteiger partial charge < -0.3 is 14.6 Å². The topological polar surface area (TPSA) is 38.7 Å². The van der Waals surface area contributed by atoms with Crippen LogP contribution in [0.15, 0.2) is 30.3 Å². The molecule has 1 atom stereocenters. The number of hydrogen-bond donors (Lipinski definition) is 1. The number of rotatable bonds is 4. The first kappa shape index (κ1) is 16.2. The van der Waals surface area contributed by atoms with Crippen molar-refractivity contribution in [1.29, 1.82) is 0 Å². The average molecular weight is 348 g/mol. The number of aliphatic hydroxyl groups is 1. The third-order valence-electron chi connectivity index (χ3n) is 3.06. The van der Waals surface area contributed by atoms with Gasteiger partial charge in [0.1, 0.15) is 6.10 Å². The van der Waals surface area contributed by atoms with Crippen molar-refractivity contribution in [3.05, 3.63) is 56.5 Å². The van der Waals surface area contributed by atoms with Gasteiger partial charge in [0, 0.05) is 11.6 Å². The highest BCUT2D eigenvalue weighted by Crippen LogP contribution is 2.38. The molecule has 0 radical (unpaired) electrons. The summed E-state index contributed by atoms with van der Waals surface area (Å²) < 4.78 is 10.4. The first-order valence-corrected chi connectivity index (χ1v) is 7.15. The summed E-state index contributed by atoms with van der Waals surface area (Å²) in [6.07, 6.45) is -0.952. The van der Waals surface area contributed by atoms with Gasteiger partial charge in [0.05, 0.1) is 29.3 Å². The molecule has 0 bridgehead atoms. The molecular weight excluding hydrogens is 335 g/mol. The molecule has 0 amide bonds. The highest BCUT2D eigenvalue weighted by Gasteiger charge is 2.18. The molecule has 2 aromatic carbocycles. The number of methoxy groups -OCH3 is 2. The largest absolute Gasteiger partial charge is 0.493 e. The van der Waals surface area contributed by atoms with Gasteiger partial charge in [-0.1, -0.05) is 40.9 Å². The molecule has 3 nitrogen and oxygen atoms in total. The second-order valence-corrected chi connectivity index (χ2v) is 5.53. The van der Waals surface area contributed by atoms with Crippen molar-refractivity contribution >= 4 is 34.8 Å². The fourth-order valence-corrected chi connectivity index (χ4v) is 2.50. The van der Waals surface area contributed by atoms with E-state index in [1.54, 1.807) is 30.3 Å². The lowest BCUT2D eigenvalue weighted by atomic mass is 10.0. The Morgan fingerprint density at radius 3 is 2.05 bits per heavy atom. The Hall–Kier alpha value is -1.13. The quantitative estimate of drug-likeness (QED) is 0.867. The summed E-state index contributed by atoms with van der Waals surface area (Å²) in [5.41, 5.74) is 1.08. The Kier molecular flexibility index (Phi) is 5.22. The summed E-state index contributed by atoms with van der Waals surface area (Å²) in [5.74, 6) is 0.976. The Morgan fingerprint density at radius 1 is 0.857 bits per heavy atom. The van der Waals surface area contributed by atoms with E-state index in [0.29, 0.717) is 37.7 Å². The van der Waals surface area contributed by atoms with Crippen LogP contribution < -0.4 is 9.47 Å². The molecule has 0 aromatic heterocycles. The molecule has 112 valence electrons. The van der Waals surface area contributed by atoms with Crippen molar-refractivity contribution in [2.75, 3.05) is 14.2 Å². The third-order valence-corrected chi connectivity index (χ3v) is 4.12. The van der Waals surface area contributed by atoms with Crippen LogP contribution in [0.3, 0.4) is 0 Å². The van der Waals surface area contributed by atoms with Crippen LogP contribution in [0.25, 0.3) is 0 Å². The van der Waals surface area contributed by atoms with Gasteiger partial charge in [-0.3, -0.25) is 0 Å². The van der Waals surface area contributed by atoms with E-state index in [1.165, 1.54) is 14.2 Å². The molecule has 21 heavy (non-hydrogen) atoms. The van der Waals surface area contributed by atoms with Crippen molar-refractivity contribution in [1.82, 2.24) is 0 Å². The zero-order valence-electron chi connectivity index (χ0n) is 11.4. The molecule has 0 aliphatic heterocycles. The van der Waals surface area contributed by atoms with Crippen LogP contribution in [0.4, 0.5) is 0 Å². The van der Waals surface area contributed by atoms with Crippen molar-refractivity contribution in [2.45, 2.75) is 6.10 Å². The Balaban J connectivity index is 2.47. The molecule has 0 aliphatic rings. The summed E-state index contributed by atoms with van der Waals surface area (Å²) in [5, 5.41) is 11.6. The van der Waals surface area contributed by atoms with E-state index < -0.39 is 6.10 Å². The van der Waals surface area contributed by atoms with E-state index in [1.807, 2.05) is 0 Å². The molecule has 2 aromatic rings. The highest BCUT2D eigenvalue weighted by molar-refractivity contribution is 6.42. The standard InChI is InChI=1S/C15H13Cl3O3/c1-20-13-6-9(11(17)7-14(13)21-2)15(19)8-3-4-10(16)12(18)5-8/h3-7,15,19H,1-2H3. The summed E-state index contributed by atoms with van der Waals surface area (Å²) >= 11 is 18.0. The van der Waals surface area contributed by atoms with Crippen LogP contribution in [0.5, 0.6) is 11.5 Å². The van der Waals surface area contributed by atoms with E-state index in [-0.39, 0.29) is 0 Å². The number of halogens is 3. The molecule has 0 aliphatic carbocycles. The fourth-order valence-electron chi connectivity index (χ4n) is 1.94. The van der Waals surface area contributed by atoms with Crippen molar-refractivity contribution < 1.29 is 14.6 Å². The van der Waals surface area contributed by atoms with Gasteiger partial charge in [0.2, 0.25) is 0 Å². The van der Waals surface area contributed by atoms with Crippen molar-refractivity contribution in [3.63, 3.8) is 0 Å². The zero-order valence-corrected chi connectivity index (χ0v) is 13.6. The normalized spacial score (nSPS) is 12.1. The molecule has 0 heterocycles. The molecule has 1 unspecified atom stereocenters. The van der Waals surface area contributed by atoms with Gasteiger partial charge in [-0.05, 0) is 23.8 Å². The van der Waals surface area contributed by atoms with Crippen LogP contribution >= 0.6 is 34.8 Å². The van der Waals surface area contributed by atoms with E-state index in [9.17, 15) is 5.11 Å². The SMILES string of the molecule is COc1cc(Cl)c(C(O)c2ccc(Cl)c(Cl)c2)cc1OC. The van der Waals surface area contributed by atoms with Crippen LogP contribution in [0.1, 0.15) is 17.2 Å². The second-order valence-electron chi connectivity index (χ2n) is 4.30. The zero-order chi connectivity index (χ0) is 15.6. The lowest BCUT2D eigenvalue weighted by Gasteiger charge is -2.17. The number of aliphatic hydroxyl groups excluding tert-OH is 1. The molecule has 0 fully saturated rings. The van der Waals surface area contributed by atoms with Crippen LogP contribution in [-0.4, -0.2) is 19.3 Å².